The maximum atomic E-state index is 12.1. The summed E-state index contributed by atoms with van der Waals surface area (Å²) >= 11 is 3.03. The van der Waals surface area contributed by atoms with Gasteiger partial charge in [0.25, 0.3) is 0 Å². The summed E-state index contributed by atoms with van der Waals surface area (Å²) < 4.78 is 5.41. The number of hydrogen-bond donors (Lipinski definition) is 5. The number of halogens is 1. The molecule has 23 heavy (non-hydrogen) atoms. The summed E-state index contributed by atoms with van der Waals surface area (Å²) in [5, 5.41) is 48.2. The van der Waals surface area contributed by atoms with Gasteiger partial charge in [-0.3, -0.25) is 4.79 Å². The minimum atomic E-state index is -0.732. The Morgan fingerprint density at radius 1 is 0.870 bits per heavy atom. The number of phenols is 5. The van der Waals surface area contributed by atoms with Gasteiger partial charge in [0.1, 0.15) is 5.76 Å². The lowest BCUT2D eigenvalue weighted by molar-refractivity contribution is 0.366. The molecule has 0 spiro atoms. The molecular formula is C15H9BrO7. The molecule has 0 unspecified atom stereocenters. The highest BCUT2D eigenvalue weighted by atomic mass is 79.9. The zero-order valence-electron chi connectivity index (χ0n) is 11.2. The lowest BCUT2D eigenvalue weighted by Gasteiger charge is -2.10. The van der Waals surface area contributed by atoms with Gasteiger partial charge in [-0.2, -0.15) is 0 Å². The molecule has 0 aliphatic carbocycles. The summed E-state index contributed by atoms with van der Waals surface area (Å²) in [6, 6.07) is 4.61. The molecule has 0 saturated heterocycles. The number of aromatic hydroxyl groups is 5. The molecule has 8 heteroatoms. The van der Waals surface area contributed by atoms with Crippen molar-refractivity contribution < 1.29 is 29.9 Å². The Morgan fingerprint density at radius 3 is 2.26 bits per heavy atom. The Bertz CT molecular complexity index is 1010. The maximum Gasteiger partial charge on any atom is 0.201 e. The average Bonchev–Trinajstić information content (AvgIpc) is 2.52. The molecule has 3 aromatic rings. The molecule has 1 heterocycles. The van der Waals surface area contributed by atoms with Crippen LogP contribution in [0.1, 0.15) is 0 Å². The van der Waals surface area contributed by atoms with Crippen LogP contribution in [0.5, 0.6) is 28.7 Å². The second kappa shape index (κ2) is 5.10. The molecule has 0 amide bonds. The minimum absolute atomic E-state index is 0.0186. The zero-order chi connectivity index (χ0) is 16.9. The molecule has 3 rings (SSSR count). The van der Waals surface area contributed by atoms with Crippen molar-refractivity contribution in [2.45, 2.75) is 0 Å². The standard InChI is InChI=1S/C15H9BrO7/c16-11-6(3-9(19)12(20)14(11)22)10-4-8(18)5-1-2-7(17)13(21)15(5)23-10/h1-4,17,19-22H. The Hall–Kier alpha value is -2.87. The van der Waals surface area contributed by atoms with E-state index in [9.17, 15) is 30.3 Å². The van der Waals surface area contributed by atoms with Crippen LogP contribution in [0, 0.1) is 0 Å². The van der Waals surface area contributed by atoms with Crippen molar-refractivity contribution in [2.75, 3.05) is 0 Å². The molecule has 118 valence electrons. The average molecular weight is 381 g/mol. The van der Waals surface area contributed by atoms with Crippen molar-refractivity contribution in [1.82, 2.24) is 0 Å². The van der Waals surface area contributed by atoms with E-state index in [2.05, 4.69) is 15.9 Å². The summed E-state index contributed by atoms with van der Waals surface area (Å²) in [5.41, 5.74) is -0.679. The van der Waals surface area contributed by atoms with Gasteiger partial charge in [0.05, 0.1) is 9.86 Å². The Morgan fingerprint density at radius 2 is 1.57 bits per heavy atom. The highest BCUT2D eigenvalue weighted by Gasteiger charge is 2.20. The highest BCUT2D eigenvalue weighted by molar-refractivity contribution is 9.10. The summed E-state index contributed by atoms with van der Waals surface area (Å²) in [6.07, 6.45) is 0. The first-order chi connectivity index (χ1) is 10.8. The molecule has 2 aromatic carbocycles. The molecule has 0 saturated carbocycles. The molecule has 7 nitrogen and oxygen atoms in total. The number of phenolic OH excluding ortho intramolecular Hbond substituents is 5. The quantitative estimate of drug-likeness (QED) is 0.410. The van der Waals surface area contributed by atoms with Crippen molar-refractivity contribution >= 4 is 26.9 Å². The molecule has 0 radical (unpaired) electrons. The summed E-state index contributed by atoms with van der Waals surface area (Å²) in [7, 11) is 0. The number of benzene rings is 2. The van der Waals surface area contributed by atoms with Gasteiger partial charge in [-0.05, 0) is 34.1 Å². The SMILES string of the molecule is O=c1cc(-c2cc(O)c(O)c(O)c2Br)oc2c(O)c(O)ccc12. The number of hydrogen-bond acceptors (Lipinski definition) is 7. The van der Waals surface area contributed by atoms with Crippen molar-refractivity contribution in [1.29, 1.82) is 0 Å². The largest absolute Gasteiger partial charge is 0.504 e. The van der Waals surface area contributed by atoms with E-state index in [1.54, 1.807) is 0 Å². The van der Waals surface area contributed by atoms with Gasteiger partial charge in [-0.15, -0.1) is 0 Å². The fourth-order valence-electron chi connectivity index (χ4n) is 2.13. The molecule has 0 aliphatic rings. The van der Waals surface area contributed by atoms with Gasteiger partial charge in [-0.25, -0.2) is 0 Å². The Kier molecular flexibility index (Phi) is 3.33. The van der Waals surface area contributed by atoms with E-state index in [1.165, 1.54) is 6.07 Å². The van der Waals surface area contributed by atoms with Gasteiger partial charge in [0.2, 0.25) is 11.5 Å². The second-order valence-corrected chi connectivity index (χ2v) is 5.53. The topological polar surface area (TPSA) is 131 Å². The number of rotatable bonds is 1. The molecule has 0 aliphatic heterocycles. The van der Waals surface area contributed by atoms with Crippen molar-refractivity contribution in [3.05, 3.63) is 39.0 Å². The van der Waals surface area contributed by atoms with Crippen LogP contribution in [-0.4, -0.2) is 25.5 Å². The van der Waals surface area contributed by atoms with E-state index in [-0.39, 0.29) is 26.8 Å². The van der Waals surface area contributed by atoms with E-state index in [0.29, 0.717) is 0 Å². The van der Waals surface area contributed by atoms with Crippen LogP contribution in [0.4, 0.5) is 0 Å². The van der Waals surface area contributed by atoms with Crippen molar-refractivity contribution in [2.24, 2.45) is 0 Å². The summed E-state index contributed by atoms with van der Waals surface area (Å²) in [5.74, 6) is -3.16. The van der Waals surface area contributed by atoms with Crippen molar-refractivity contribution in [3.63, 3.8) is 0 Å². The fraction of sp³-hybridized carbons (Fsp3) is 0. The molecular weight excluding hydrogens is 372 g/mol. The van der Waals surface area contributed by atoms with Crippen LogP contribution in [0.2, 0.25) is 0 Å². The first-order valence-electron chi connectivity index (χ1n) is 6.23. The van der Waals surface area contributed by atoms with Gasteiger partial charge in [-0.1, -0.05) is 0 Å². The molecule has 5 N–H and O–H groups in total. The van der Waals surface area contributed by atoms with Crippen LogP contribution < -0.4 is 5.43 Å². The molecule has 0 atom stereocenters. The Balaban J connectivity index is 2.39. The van der Waals surface area contributed by atoms with Crippen molar-refractivity contribution in [3.8, 4) is 40.1 Å². The normalized spacial score (nSPS) is 11.0. The van der Waals surface area contributed by atoms with Crippen LogP contribution in [0.25, 0.3) is 22.3 Å². The van der Waals surface area contributed by atoms with Crippen LogP contribution in [0.15, 0.2) is 37.9 Å². The fourth-order valence-corrected chi connectivity index (χ4v) is 2.63. The van der Waals surface area contributed by atoms with E-state index >= 15 is 0 Å². The third-order valence-corrected chi connectivity index (χ3v) is 4.11. The zero-order valence-corrected chi connectivity index (χ0v) is 12.8. The van der Waals surface area contributed by atoms with E-state index < -0.39 is 34.2 Å². The lowest BCUT2D eigenvalue weighted by atomic mass is 10.1. The van der Waals surface area contributed by atoms with E-state index in [4.69, 9.17) is 4.42 Å². The van der Waals surface area contributed by atoms with Gasteiger partial charge < -0.3 is 29.9 Å². The predicted octanol–water partition coefficient (Wildman–Crippen LogP) is 2.75. The predicted molar refractivity (Wildman–Crippen MR) is 83.9 cm³/mol. The van der Waals surface area contributed by atoms with E-state index in [0.717, 1.165) is 18.2 Å². The van der Waals surface area contributed by atoms with Crippen LogP contribution >= 0.6 is 15.9 Å². The molecule has 0 fully saturated rings. The molecule has 1 aromatic heterocycles. The highest BCUT2D eigenvalue weighted by Crippen LogP contribution is 2.46. The first kappa shape index (κ1) is 15.0. The lowest BCUT2D eigenvalue weighted by Crippen LogP contribution is -2.00. The second-order valence-electron chi connectivity index (χ2n) is 4.74. The maximum absolute atomic E-state index is 12.1. The summed E-state index contributed by atoms with van der Waals surface area (Å²) in [6.45, 7) is 0. The van der Waals surface area contributed by atoms with Gasteiger partial charge in [0, 0.05) is 11.6 Å². The summed E-state index contributed by atoms with van der Waals surface area (Å²) in [4.78, 5) is 12.1. The van der Waals surface area contributed by atoms with Crippen LogP contribution in [0.3, 0.4) is 0 Å². The van der Waals surface area contributed by atoms with Gasteiger partial charge in [0.15, 0.2) is 28.3 Å². The third kappa shape index (κ3) is 2.23. The Labute approximate surface area is 136 Å². The van der Waals surface area contributed by atoms with Gasteiger partial charge >= 0.3 is 0 Å². The minimum Gasteiger partial charge on any atom is -0.504 e. The monoisotopic (exact) mass is 380 g/mol. The first-order valence-corrected chi connectivity index (χ1v) is 7.03. The third-order valence-electron chi connectivity index (χ3n) is 3.31. The molecule has 0 bridgehead atoms. The smallest absolute Gasteiger partial charge is 0.201 e. The van der Waals surface area contributed by atoms with Crippen LogP contribution in [-0.2, 0) is 0 Å². The number of fused-ring (bicyclic) bond motifs is 1. The van der Waals surface area contributed by atoms with E-state index in [1.807, 2.05) is 0 Å².